The number of amides is 1. The summed E-state index contributed by atoms with van der Waals surface area (Å²) in [6.07, 6.45) is 0.440. The second-order valence-corrected chi connectivity index (χ2v) is 5.26. The predicted octanol–water partition coefficient (Wildman–Crippen LogP) is 1.37. The molecule has 2 aliphatic heterocycles. The first kappa shape index (κ1) is 11.7. The van der Waals surface area contributed by atoms with E-state index in [4.69, 9.17) is 14.2 Å². The largest absolute Gasteiger partial charge is 0.444 e. The van der Waals surface area contributed by atoms with Crippen molar-refractivity contribution in [1.29, 1.82) is 0 Å². The van der Waals surface area contributed by atoms with Gasteiger partial charge in [-0.05, 0) is 20.8 Å². The SMILES string of the molecule is CC(C)(C)OC(=O)N1CCC2(C1)OCCO2. The molecule has 0 aliphatic carbocycles. The fraction of sp³-hybridized carbons (Fsp3) is 0.909. The molecule has 1 amide bonds. The Labute approximate surface area is 95.6 Å². The van der Waals surface area contributed by atoms with Crippen LogP contribution < -0.4 is 0 Å². The summed E-state index contributed by atoms with van der Waals surface area (Å²) in [6, 6.07) is 0. The maximum Gasteiger partial charge on any atom is 0.410 e. The van der Waals surface area contributed by atoms with Crippen molar-refractivity contribution in [3.05, 3.63) is 0 Å². The lowest BCUT2D eigenvalue weighted by atomic mass is 10.2. The first-order valence-corrected chi connectivity index (χ1v) is 5.66. The third-order valence-electron chi connectivity index (χ3n) is 2.66. The Morgan fingerprint density at radius 3 is 2.50 bits per heavy atom. The van der Waals surface area contributed by atoms with Crippen LogP contribution >= 0.6 is 0 Å². The molecule has 0 atom stereocenters. The minimum Gasteiger partial charge on any atom is -0.444 e. The van der Waals surface area contributed by atoms with E-state index in [1.807, 2.05) is 20.8 Å². The fourth-order valence-electron chi connectivity index (χ4n) is 1.97. The number of ether oxygens (including phenoxy) is 3. The summed E-state index contributed by atoms with van der Waals surface area (Å²) in [5, 5.41) is 0. The van der Waals surface area contributed by atoms with Gasteiger partial charge in [-0.25, -0.2) is 4.79 Å². The molecular weight excluding hydrogens is 210 g/mol. The summed E-state index contributed by atoms with van der Waals surface area (Å²) in [5.74, 6) is -0.559. The Kier molecular flexibility index (Phi) is 2.84. The van der Waals surface area contributed by atoms with Gasteiger partial charge in [-0.1, -0.05) is 0 Å². The van der Waals surface area contributed by atoms with Gasteiger partial charge in [-0.3, -0.25) is 0 Å². The molecule has 92 valence electrons. The zero-order valence-corrected chi connectivity index (χ0v) is 10.1. The molecule has 1 spiro atoms. The average molecular weight is 229 g/mol. The third kappa shape index (κ3) is 2.47. The smallest absolute Gasteiger partial charge is 0.410 e. The van der Waals surface area contributed by atoms with Crippen LogP contribution in [-0.2, 0) is 14.2 Å². The van der Waals surface area contributed by atoms with Crippen LogP contribution in [0.5, 0.6) is 0 Å². The number of hydrogen-bond donors (Lipinski definition) is 0. The lowest BCUT2D eigenvalue weighted by molar-refractivity contribution is -0.144. The van der Waals surface area contributed by atoms with E-state index in [9.17, 15) is 4.79 Å². The zero-order chi connectivity index (χ0) is 11.8. The van der Waals surface area contributed by atoms with Crippen molar-refractivity contribution in [2.24, 2.45) is 0 Å². The zero-order valence-electron chi connectivity index (χ0n) is 10.1. The van der Waals surface area contributed by atoms with Crippen molar-refractivity contribution in [3.63, 3.8) is 0 Å². The summed E-state index contributed by atoms with van der Waals surface area (Å²) >= 11 is 0. The van der Waals surface area contributed by atoms with Gasteiger partial charge in [0.25, 0.3) is 0 Å². The minimum absolute atomic E-state index is 0.288. The van der Waals surface area contributed by atoms with Crippen molar-refractivity contribution in [2.45, 2.75) is 38.6 Å². The van der Waals surface area contributed by atoms with E-state index in [-0.39, 0.29) is 6.09 Å². The van der Waals surface area contributed by atoms with Crippen LogP contribution in [0.4, 0.5) is 4.79 Å². The Balaban J connectivity index is 1.91. The number of likely N-dealkylation sites (tertiary alicyclic amines) is 1. The van der Waals surface area contributed by atoms with E-state index in [2.05, 4.69) is 0 Å². The summed E-state index contributed by atoms with van der Waals surface area (Å²) < 4.78 is 16.4. The molecule has 0 aromatic carbocycles. The molecule has 2 saturated heterocycles. The molecule has 5 heteroatoms. The van der Waals surface area contributed by atoms with E-state index in [1.54, 1.807) is 4.90 Å². The van der Waals surface area contributed by atoms with Crippen LogP contribution in [-0.4, -0.2) is 48.7 Å². The molecule has 16 heavy (non-hydrogen) atoms. The van der Waals surface area contributed by atoms with E-state index < -0.39 is 11.4 Å². The highest BCUT2D eigenvalue weighted by atomic mass is 16.7. The van der Waals surface area contributed by atoms with Crippen LogP contribution in [0.15, 0.2) is 0 Å². The maximum atomic E-state index is 11.8. The Hall–Kier alpha value is -0.810. The topological polar surface area (TPSA) is 48.0 Å². The lowest BCUT2D eigenvalue weighted by Gasteiger charge is -2.25. The van der Waals surface area contributed by atoms with E-state index in [0.29, 0.717) is 26.3 Å². The monoisotopic (exact) mass is 229 g/mol. The number of hydrogen-bond acceptors (Lipinski definition) is 4. The second-order valence-electron chi connectivity index (χ2n) is 5.26. The molecular formula is C11H19NO4. The number of rotatable bonds is 0. The van der Waals surface area contributed by atoms with E-state index >= 15 is 0 Å². The van der Waals surface area contributed by atoms with Gasteiger partial charge in [-0.15, -0.1) is 0 Å². The summed E-state index contributed by atoms with van der Waals surface area (Å²) in [7, 11) is 0. The number of carbonyl (C=O) groups is 1. The van der Waals surface area contributed by atoms with Crippen molar-refractivity contribution in [2.75, 3.05) is 26.3 Å². The molecule has 2 fully saturated rings. The van der Waals surface area contributed by atoms with Crippen molar-refractivity contribution in [1.82, 2.24) is 4.90 Å². The van der Waals surface area contributed by atoms with Crippen molar-refractivity contribution >= 4 is 6.09 Å². The molecule has 0 unspecified atom stereocenters. The molecule has 2 rings (SSSR count). The molecule has 2 aliphatic rings. The minimum atomic E-state index is -0.559. The van der Waals surface area contributed by atoms with Gasteiger partial charge in [0.2, 0.25) is 0 Å². The molecule has 0 radical (unpaired) electrons. The third-order valence-corrected chi connectivity index (χ3v) is 2.66. The first-order valence-electron chi connectivity index (χ1n) is 5.66. The van der Waals surface area contributed by atoms with Gasteiger partial charge in [0.05, 0.1) is 19.8 Å². The standard InChI is InChI=1S/C11H19NO4/c1-10(2,3)16-9(13)12-5-4-11(8-12)14-6-7-15-11/h4-8H2,1-3H3. The van der Waals surface area contributed by atoms with Gasteiger partial charge >= 0.3 is 6.09 Å². The van der Waals surface area contributed by atoms with Gasteiger partial charge in [0.15, 0.2) is 5.79 Å². The number of carbonyl (C=O) groups excluding carboxylic acids is 1. The maximum absolute atomic E-state index is 11.8. The summed E-state index contributed by atoms with van der Waals surface area (Å²) in [6.45, 7) is 7.92. The van der Waals surface area contributed by atoms with Crippen molar-refractivity contribution in [3.8, 4) is 0 Å². The Bertz CT molecular complexity index is 278. The van der Waals surface area contributed by atoms with Crippen LogP contribution in [0.1, 0.15) is 27.2 Å². The molecule has 0 saturated carbocycles. The highest BCUT2D eigenvalue weighted by Crippen LogP contribution is 2.31. The van der Waals surface area contributed by atoms with Gasteiger partial charge in [-0.2, -0.15) is 0 Å². The molecule has 0 aromatic rings. The van der Waals surface area contributed by atoms with Crippen molar-refractivity contribution < 1.29 is 19.0 Å². The average Bonchev–Trinajstić information content (AvgIpc) is 2.74. The Morgan fingerprint density at radius 2 is 1.94 bits per heavy atom. The van der Waals surface area contributed by atoms with Crippen LogP contribution in [0.25, 0.3) is 0 Å². The second kappa shape index (κ2) is 3.89. The van der Waals surface area contributed by atoms with Gasteiger partial charge in [0.1, 0.15) is 5.60 Å². The molecule has 0 bridgehead atoms. The summed E-state index contributed by atoms with van der Waals surface area (Å²) in [5.41, 5.74) is -0.454. The molecule has 0 N–H and O–H groups in total. The molecule has 0 aromatic heterocycles. The Morgan fingerprint density at radius 1 is 1.31 bits per heavy atom. The van der Waals surface area contributed by atoms with E-state index in [0.717, 1.165) is 6.42 Å². The number of nitrogens with zero attached hydrogens (tertiary/aromatic N) is 1. The molecule has 5 nitrogen and oxygen atoms in total. The van der Waals surface area contributed by atoms with Gasteiger partial charge in [0, 0.05) is 13.0 Å². The van der Waals surface area contributed by atoms with Crippen LogP contribution in [0.3, 0.4) is 0 Å². The van der Waals surface area contributed by atoms with Crippen LogP contribution in [0, 0.1) is 0 Å². The quantitative estimate of drug-likeness (QED) is 0.629. The normalized spacial score (nSPS) is 24.1. The fourth-order valence-corrected chi connectivity index (χ4v) is 1.97. The van der Waals surface area contributed by atoms with Gasteiger partial charge < -0.3 is 19.1 Å². The summed E-state index contributed by atoms with van der Waals surface area (Å²) in [4.78, 5) is 13.4. The highest BCUT2D eigenvalue weighted by Gasteiger charge is 2.45. The predicted molar refractivity (Wildman–Crippen MR) is 57.1 cm³/mol. The van der Waals surface area contributed by atoms with Crippen LogP contribution in [0.2, 0.25) is 0 Å². The lowest BCUT2D eigenvalue weighted by Crippen LogP contribution is -2.39. The van der Waals surface area contributed by atoms with E-state index in [1.165, 1.54) is 0 Å². The highest BCUT2D eigenvalue weighted by molar-refractivity contribution is 5.68. The first-order chi connectivity index (χ1) is 7.40. The molecule has 2 heterocycles.